The van der Waals surface area contributed by atoms with Gasteiger partial charge in [0, 0.05) is 24.7 Å². The van der Waals surface area contributed by atoms with Gasteiger partial charge in [-0.2, -0.15) is 0 Å². The standard InChI is InChI=1S/C22H32N4O3/c27-6-5-23-21-24-12-17(19(26-21)14-3-1-2-4-14)20(28)25-18-15-7-13-8-16(18)11-22(29,9-13)10-15/h12-16,18,27,29H,1-11H2,(H,25,28)(H,23,24,26). The number of carbonyl (C=O) groups is 1. The van der Waals surface area contributed by atoms with Crippen molar-refractivity contribution in [3.05, 3.63) is 17.5 Å². The molecular weight excluding hydrogens is 368 g/mol. The number of aliphatic hydroxyl groups excluding tert-OH is 1. The van der Waals surface area contributed by atoms with Crippen LogP contribution >= 0.6 is 0 Å². The maximum atomic E-state index is 13.3. The Morgan fingerprint density at radius 1 is 1.17 bits per heavy atom. The highest BCUT2D eigenvalue weighted by Crippen LogP contribution is 2.55. The van der Waals surface area contributed by atoms with Crippen molar-refractivity contribution in [2.45, 2.75) is 75.3 Å². The predicted molar refractivity (Wildman–Crippen MR) is 109 cm³/mol. The Bertz CT molecular complexity index is 763. The molecule has 0 aliphatic heterocycles. The van der Waals surface area contributed by atoms with E-state index in [0.29, 0.717) is 41.7 Å². The minimum Gasteiger partial charge on any atom is -0.395 e. The van der Waals surface area contributed by atoms with Crippen LogP contribution in [0, 0.1) is 17.8 Å². The second-order valence-electron chi connectivity index (χ2n) is 9.82. The van der Waals surface area contributed by atoms with E-state index in [2.05, 4.69) is 20.6 Å². The summed E-state index contributed by atoms with van der Waals surface area (Å²) in [4.78, 5) is 22.3. The molecular formula is C22H32N4O3. The van der Waals surface area contributed by atoms with Crippen LogP contribution in [-0.4, -0.2) is 50.9 Å². The van der Waals surface area contributed by atoms with Gasteiger partial charge < -0.3 is 20.8 Å². The average Bonchev–Trinajstić information content (AvgIpc) is 3.22. The van der Waals surface area contributed by atoms with Crippen LogP contribution in [0.4, 0.5) is 5.95 Å². The Morgan fingerprint density at radius 2 is 1.90 bits per heavy atom. The van der Waals surface area contributed by atoms with E-state index in [4.69, 9.17) is 5.11 Å². The quantitative estimate of drug-likeness (QED) is 0.583. The van der Waals surface area contributed by atoms with Crippen molar-refractivity contribution in [2.24, 2.45) is 17.8 Å². The molecule has 5 saturated carbocycles. The molecule has 1 heterocycles. The molecule has 7 nitrogen and oxygen atoms in total. The largest absolute Gasteiger partial charge is 0.395 e. The molecule has 6 rings (SSSR count). The Hall–Kier alpha value is -1.73. The predicted octanol–water partition coefficient (Wildman–Crippen LogP) is 2.21. The number of hydrogen-bond acceptors (Lipinski definition) is 6. The van der Waals surface area contributed by atoms with Crippen LogP contribution in [0.15, 0.2) is 6.20 Å². The van der Waals surface area contributed by atoms with E-state index in [1.165, 1.54) is 12.8 Å². The number of amides is 1. The maximum Gasteiger partial charge on any atom is 0.254 e. The lowest BCUT2D eigenvalue weighted by Crippen LogP contribution is -2.61. The van der Waals surface area contributed by atoms with Crippen LogP contribution in [0.3, 0.4) is 0 Å². The SMILES string of the molecule is O=C(NC1C2CC3CC1CC(O)(C3)C2)c1cnc(NCCO)nc1C1CCCC1. The highest BCUT2D eigenvalue weighted by molar-refractivity contribution is 5.95. The third-order valence-corrected chi connectivity index (χ3v) is 7.74. The maximum absolute atomic E-state index is 13.3. The van der Waals surface area contributed by atoms with Gasteiger partial charge in [-0.25, -0.2) is 9.97 Å². The number of anilines is 1. The second-order valence-corrected chi connectivity index (χ2v) is 9.82. The van der Waals surface area contributed by atoms with E-state index in [-0.39, 0.29) is 18.6 Å². The molecule has 0 saturated heterocycles. The smallest absolute Gasteiger partial charge is 0.254 e. The summed E-state index contributed by atoms with van der Waals surface area (Å²) in [6, 6.07) is 0.156. The molecule has 158 valence electrons. The molecule has 1 aromatic heterocycles. The Labute approximate surface area is 171 Å². The third kappa shape index (κ3) is 3.63. The average molecular weight is 401 g/mol. The third-order valence-electron chi connectivity index (χ3n) is 7.74. The van der Waals surface area contributed by atoms with Gasteiger partial charge >= 0.3 is 0 Å². The molecule has 5 fully saturated rings. The summed E-state index contributed by atoms with van der Waals surface area (Å²) in [5, 5.41) is 26.2. The van der Waals surface area contributed by atoms with Gasteiger partial charge in [-0.3, -0.25) is 4.79 Å². The van der Waals surface area contributed by atoms with Gasteiger partial charge in [0.2, 0.25) is 5.95 Å². The van der Waals surface area contributed by atoms with Gasteiger partial charge in [0.25, 0.3) is 5.91 Å². The van der Waals surface area contributed by atoms with E-state index in [0.717, 1.165) is 50.6 Å². The molecule has 0 aromatic carbocycles. The Balaban J connectivity index is 1.36. The zero-order valence-corrected chi connectivity index (χ0v) is 16.9. The molecule has 2 atom stereocenters. The van der Waals surface area contributed by atoms with Crippen LogP contribution in [0.2, 0.25) is 0 Å². The zero-order valence-electron chi connectivity index (χ0n) is 16.9. The fourth-order valence-electron chi connectivity index (χ4n) is 6.78. The van der Waals surface area contributed by atoms with E-state index < -0.39 is 5.60 Å². The van der Waals surface area contributed by atoms with Crippen molar-refractivity contribution in [3.63, 3.8) is 0 Å². The van der Waals surface area contributed by atoms with Crippen molar-refractivity contribution in [2.75, 3.05) is 18.5 Å². The number of carbonyl (C=O) groups excluding carboxylic acids is 1. The van der Waals surface area contributed by atoms with Crippen molar-refractivity contribution < 1.29 is 15.0 Å². The fraction of sp³-hybridized carbons (Fsp3) is 0.773. The van der Waals surface area contributed by atoms with Crippen LogP contribution in [0.25, 0.3) is 0 Å². The summed E-state index contributed by atoms with van der Waals surface area (Å²) in [6.45, 7) is 0.410. The van der Waals surface area contributed by atoms with Crippen molar-refractivity contribution >= 4 is 11.9 Å². The molecule has 1 amide bonds. The number of nitrogens with one attached hydrogen (secondary N) is 2. The van der Waals surface area contributed by atoms with Crippen LogP contribution < -0.4 is 10.6 Å². The van der Waals surface area contributed by atoms with Crippen molar-refractivity contribution in [1.82, 2.24) is 15.3 Å². The van der Waals surface area contributed by atoms with E-state index in [9.17, 15) is 9.90 Å². The first-order valence-corrected chi connectivity index (χ1v) is 11.3. The Kier molecular flexibility index (Phi) is 4.98. The van der Waals surface area contributed by atoms with Crippen LogP contribution in [0.1, 0.15) is 79.8 Å². The highest BCUT2D eigenvalue weighted by atomic mass is 16.3. The summed E-state index contributed by atoms with van der Waals surface area (Å²) in [7, 11) is 0. The molecule has 0 radical (unpaired) electrons. The first kappa shape index (κ1) is 19.2. The first-order chi connectivity index (χ1) is 14.0. The number of aromatic nitrogens is 2. The lowest BCUT2D eigenvalue weighted by molar-refractivity contribution is -0.136. The number of rotatable bonds is 6. The summed E-state index contributed by atoms with van der Waals surface area (Å²) < 4.78 is 0. The minimum absolute atomic E-state index is 0.0160. The summed E-state index contributed by atoms with van der Waals surface area (Å²) in [6.07, 6.45) is 10.9. The van der Waals surface area contributed by atoms with Gasteiger partial charge in [0.05, 0.1) is 23.5 Å². The molecule has 4 bridgehead atoms. The monoisotopic (exact) mass is 400 g/mol. The highest BCUT2D eigenvalue weighted by Gasteiger charge is 2.55. The normalized spacial score (nSPS) is 35.8. The first-order valence-electron chi connectivity index (χ1n) is 11.3. The van der Waals surface area contributed by atoms with Gasteiger partial charge in [0.1, 0.15) is 0 Å². The van der Waals surface area contributed by atoms with E-state index >= 15 is 0 Å². The molecule has 4 N–H and O–H groups in total. The molecule has 7 heteroatoms. The summed E-state index contributed by atoms with van der Waals surface area (Å²) >= 11 is 0. The van der Waals surface area contributed by atoms with Gasteiger partial charge in [0.15, 0.2) is 0 Å². The number of hydrogen-bond donors (Lipinski definition) is 4. The van der Waals surface area contributed by atoms with Gasteiger partial charge in [-0.05, 0) is 62.7 Å². The summed E-state index contributed by atoms with van der Waals surface area (Å²) in [5.74, 6) is 2.11. The second kappa shape index (κ2) is 7.51. The molecule has 5 aliphatic carbocycles. The summed E-state index contributed by atoms with van der Waals surface area (Å²) in [5.41, 5.74) is 0.951. The van der Waals surface area contributed by atoms with Crippen molar-refractivity contribution in [3.8, 4) is 0 Å². The molecule has 5 aliphatic rings. The molecule has 0 spiro atoms. The molecule has 2 unspecified atom stereocenters. The Morgan fingerprint density at radius 3 is 2.55 bits per heavy atom. The number of aliphatic hydroxyl groups is 2. The van der Waals surface area contributed by atoms with Gasteiger partial charge in [-0.1, -0.05) is 12.8 Å². The number of nitrogens with zero attached hydrogens (tertiary/aromatic N) is 2. The fourth-order valence-corrected chi connectivity index (χ4v) is 6.78. The topological polar surface area (TPSA) is 107 Å². The van der Waals surface area contributed by atoms with Crippen molar-refractivity contribution in [1.29, 1.82) is 0 Å². The van der Waals surface area contributed by atoms with Crippen LogP contribution in [0.5, 0.6) is 0 Å². The van der Waals surface area contributed by atoms with E-state index in [1.807, 2.05) is 0 Å². The molecule has 1 aromatic rings. The lowest BCUT2D eigenvalue weighted by atomic mass is 9.52. The lowest BCUT2D eigenvalue weighted by Gasteiger charge is -2.58. The minimum atomic E-state index is -0.490. The van der Waals surface area contributed by atoms with Gasteiger partial charge in [-0.15, -0.1) is 0 Å². The molecule has 29 heavy (non-hydrogen) atoms. The zero-order chi connectivity index (χ0) is 20.0. The van der Waals surface area contributed by atoms with Crippen LogP contribution in [-0.2, 0) is 0 Å². The van der Waals surface area contributed by atoms with E-state index in [1.54, 1.807) is 6.20 Å².